The Hall–Kier alpha value is -1.36. The molecule has 0 heterocycles. The molecule has 2 rings (SSSR count). The third kappa shape index (κ3) is 7.62. The molecule has 0 unspecified atom stereocenters. The normalized spacial score (nSPS) is 16.5. The average molecular weight is 464 g/mol. The third-order valence-corrected chi connectivity index (χ3v) is 6.50. The molecule has 170 valence electrons. The van der Waals surface area contributed by atoms with Gasteiger partial charge in [0.05, 0.1) is 12.7 Å². The topological polar surface area (TPSA) is 52.5 Å². The molecule has 0 spiro atoms. The lowest BCUT2D eigenvalue weighted by molar-refractivity contribution is 0.107. The second-order valence-electron chi connectivity index (χ2n) is 9.08. The summed E-state index contributed by atoms with van der Waals surface area (Å²) in [6.45, 7) is 11.1. The van der Waals surface area contributed by atoms with Crippen molar-refractivity contribution in [2.45, 2.75) is 51.7 Å². The molecule has 2 aromatic rings. The highest BCUT2D eigenvalue weighted by molar-refractivity contribution is 6.30. The highest BCUT2D eigenvalue weighted by atomic mass is 35.5. The van der Waals surface area contributed by atoms with Crippen molar-refractivity contribution in [1.82, 2.24) is 5.32 Å². The molecule has 3 nitrogen and oxygen atoms in total. The summed E-state index contributed by atoms with van der Waals surface area (Å²) in [5, 5.41) is 25.9. The first-order valence-electron chi connectivity index (χ1n) is 10.8. The van der Waals surface area contributed by atoms with E-state index in [1.807, 2.05) is 42.5 Å². The monoisotopic (exact) mass is 463 g/mol. The van der Waals surface area contributed by atoms with E-state index in [0.29, 0.717) is 28.9 Å². The maximum absolute atomic E-state index is 11.4. The van der Waals surface area contributed by atoms with Crippen LogP contribution in [0.4, 0.5) is 0 Å². The van der Waals surface area contributed by atoms with Gasteiger partial charge in [-0.15, -0.1) is 6.58 Å². The predicted molar refractivity (Wildman–Crippen MR) is 132 cm³/mol. The highest BCUT2D eigenvalue weighted by Gasteiger charge is 2.33. The zero-order valence-corrected chi connectivity index (χ0v) is 20.2. The molecular formula is C26H35Cl2NO2. The highest BCUT2D eigenvalue weighted by Crippen LogP contribution is 2.42. The Kier molecular flexibility index (Phi) is 10.1. The van der Waals surface area contributed by atoms with Crippen molar-refractivity contribution in [2.24, 2.45) is 11.3 Å². The summed E-state index contributed by atoms with van der Waals surface area (Å²) >= 11 is 12.3. The van der Waals surface area contributed by atoms with Crippen molar-refractivity contribution >= 4 is 23.2 Å². The van der Waals surface area contributed by atoms with E-state index in [0.717, 1.165) is 17.5 Å². The van der Waals surface area contributed by atoms with E-state index in [4.69, 9.17) is 23.2 Å². The smallest absolute Gasteiger partial charge is 0.0858 e. The first-order valence-corrected chi connectivity index (χ1v) is 11.6. The van der Waals surface area contributed by atoms with Gasteiger partial charge in [-0.1, -0.05) is 74.3 Å². The van der Waals surface area contributed by atoms with Crippen LogP contribution < -0.4 is 5.32 Å². The van der Waals surface area contributed by atoms with Crippen LogP contribution in [0.5, 0.6) is 0 Å². The Morgan fingerprint density at radius 2 is 1.74 bits per heavy atom. The van der Waals surface area contributed by atoms with Crippen LogP contribution in [-0.2, 0) is 0 Å². The van der Waals surface area contributed by atoms with Crippen molar-refractivity contribution in [1.29, 1.82) is 0 Å². The molecule has 0 fully saturated rings. The van der Waals surface area contributed by atoms with Gasteiger partial charge in [-0.3, -0.25) is 0 Å². The summed E-state index contributed by atoms with van der Waals surface area (Å²) in [5.74, 6) is 0.152. The van der Waals surface area contributed by atoms with Crippen LogP contribution in [0, 0.1) is 11.3 Å². The number of benzene rings is 2. The minimum atomic E-state index is -0.710. The minimum Gasteiger partial charge on any atom is -0.395 e. The van der Waals surface area contributed by atoms with Gasteiger partial charge in [0.2, 0.25) is 0 Å². The van der Waals surface area contributed by atoms with E-state index < -0.39 is 6.10 Å². The lowest BCUT2D eigenvalue weighted by Gasteiger charge is -2.37. The zero-order valence-electron chi connectivity index (χ0n) is 18.7. The first-order chi connectivity index (χ1) is 14.7. The van der Waals surface area contributed by atoms with E-state index in [1.54, 1.807) is 12.1 Å². The molecule has 3 N–H and O–H groups in total. The van der Waals surface area contributed by atoms with E-state index in [9.17, 15) is 10.2 Å². The summed E-state index contributed by atoms with van der Waals surface area (Å²) in [6, 6.07) is 15.1. The molecular weight excluding hydrogens is 429 g/mol. The number of nitrogens with one attached hydrogen (secondary N) is 1. The Morgan fingerprint density at radius 1 is 1.06 bits per heavy atom. The van der Waals surface area contributed by atoms with Crippen LogP contribution in [0.1, 0.15) is 56.8 Å². The summed E-state index contributed by atoms with van der Waals surface area (Å²) in [5.41, 5.74) is 1.64. The molecule has 0 aliphatic heterocycles. The zero-order chi connectivity index (χ0) is 23.0. The van der Waals surface area contributed by atoms with Crippen molar-refractivity contribution in [3.05, 3.63) is 82.4 Å². The molecule has 4 atom stereocenters. The van der Waals surface area contributed by atoms with Gasteiger partial charge in [0.1, 0.15) is 0 Å². The largest absolute Gasteiger partial charge is 0.395 e. The van der Waals surface area contributed by atoms with E-state index in [1.165, 1.54) is 0 Å². The fourth-order valence-corrected chi connectivity index (χ4v) is 4.36. The van der Waals surface area contributed by atoms with Crippen molar-refractivity contribution in [3.63, 3.8) is 0 Å². The lowest BCUT2D eigenvalue weighted by Crippen LogP contribution is -2.43. The molecule has 0 aromatic heterocycles. The number of halogens is 2. The minimum absolute atomic E-state index is 0.0231. The van der Waals surface area contributed by atoms with Crippen LogP contribution >= 0.6 is 23.2 Å². The van der Waals surface area contributed by atoms with E-state index in [-0.39, 0.29) is 24.0 Å². The van der Waals surface area contributed by atoms with Gasteiger partial charge in [-0.05, 0) is 59.6 Å². The second kappa shape index (κ2) is 12.0. The quantitative estimate of drug-likeness (QED) is 0.319. The van der Waals surface area contributed by atoms with Gasteiger partial charge < -0.3 is 15.5 Å². The predicted octanol–water partition coefficient (Wildman–Crippen LogP) is 6.39. The third-order valence-electron chi connectivity index (χ3n) is 6.01. The molecule has 0 bridgehead atoms. The van der Waals surface area contributed by atoms with Gasteiger partial charge in [0.25, 0.3) is 0 Å². The van der Waals surface area contributed by atoms with Crippen LogP contribution in [0.3, 0.4) is 0 Å². The SMILES string of the molecule is C=CC[C@](C)(CN[C@H](CO)C(C)C)C[C@H](c1cccc(Cl)c1)[C@@H](O)c1ccc(Cl)cc1. The number of rotatable bonds is 12. The standard InChI is InChI=1S/C26H35Cl2NO2/c1-5-13-26(4,17-29-24(16-30)18(2)3)15-23(20-7-6-8-22(28)14-20)25(31)19-9-11-21(27)12-10-19/h5-12,14,18,23-25,29-31H,1,13,15-17H2,2-4H3/t23-,24-,25+,26+/m1/s1. The Labute approximate surface area is 197 Å². The Morgan fingerprint density at radius 3 is 2.29 bits per heavy atom. The lowest BCUT2D eigenvalue weighted by atomic mass is 9.73. The second-order valence-corrected chi connectivity index (χ2v) is 9.95. The number of hydrogen-bond acceptors (Lipinski definition) is 3. The van der Waals surface area contributed by atoms with Crippen LogP contribution in [0.2, 0.25) is 10.0 Å². The fraction of sp³-hybridized carbons (Fsp3) is 0.462. The van der Waals surface area contributed by atoms with E-state index in [2.05, 4.69) is 32.7 Å². The van der Waals surface area contributed by atoms with Crippen molar-refractivity contribution in [3.8, 4) is 0 Å². The van der Waals surface area contributed by atoms with Crippen LogP contribution in [0.25, 0.3) is 0 Å². The molecule has 0 saturated carbocycles. The Bertz CT molecular complexity index is 824. The number of hydrogen-bond donors (Lipinski definition) is 3. The molecule has 31 heavy (non-hydrogen) atoms. The van der Waals surface area contributed by atoms with Gasteiger partial charge >= 0.3 is 0 Å². The molecule has 0 aliphatic carbocycles. The van der Waals surface area contributed by atoms with Gasteiger partial charge in [0.15, 0.2) is 0 Å². The van der Waals surface area contributed by atoms with Crippen molar-refractivity contribution in [2.75, 3.05) is 13.2 Å². The van der Waals surface area contributed by atoms with Gasteiger partial charge in [-0.2, -0.15) is 0 Å². The maximum atomic E-state index is 11.4. The van der Waals surface area contributed by atoms with Crippen molar-refractivity contribution < 1.29 is 10.2 Å². The molecule has 0 amide bonds. The number of aliphatic hydroxyl groups is 2. The van der Waals surface area contributed by atoms with Gasteiger partial charge in [-0.25, -0.2) is 0 Å². The average Bonchev–Trinajstić information content (AvgIpc) is 2.72. The number of aliphatic hydroxyl groups excluding tert-OH is 2. The molecule has 2 aromatic carbocycles. The van der Waals surface area contributed by atoms with Crippen LogP contribution in [0.15, 0.2) is 61.2 Å². The molecule has 0 saturated heterocycles. The van der Waals surface area contributed by atoms with Gasteiger partial charge in [0, 0.05) is 28.5 Å². The summed E-state index contributed by atoms with van der Waals surface area (Å²) in [6.07, 6.45) is 2.71. The number of allylic oxidation sites excluding steroid dienone is 1. The van der Waals surface area contributed by atoms with Crippen LogP contribution in [-0.4, -0.2) is 29.4 Å². The fourth-order valence-electron chi connectivity index (χ4n) is 4.04. The maximum Gasteiger partial charge on any atom is 0.0858 e. The first kappa shape index (κ1) is 25.9. The molecule has 0 aliphatic rings. The Balaban J connectivity index is 2.36. The summed E-state index contributed by atoms with van der Waals surface area (Å²) < 4.78 is 0. The molecule has 0 radical (unpaired) electrons. The van der Waals surface area contributed by atoms with E-state index >= 15 is 0 Å². The summed E-state index contributed by atoms with van der Waals surface area (Å²) in [4.78, 5) is 0. The molecule has 5 heteroatoms. The summed E-state index contributed by atoms with van der Waals surface area (Å²) in [7, 11) is 0.